The van der Waals surface area contributed by atoms with Crippen LogP contribution in [0.3, 0.4) is 0 Å². The summed E-state index contributed by atoms with van der Waals surface area (Å²) in [7, 11) is 3.13. The summed E-state index contributed by atoms with van der Waals surface area (Å²) in [6.45, 7) is 0. The standard InChI is InChI=1S/C19H20N2O4/c1-24-14-7-8-15(25-2)13(9-14)10-20-21-18(22)16-11-3-4-12(6-5-11)17(16)19(21)23/h3-4,7-12,16-17H,5-6H2,1-2H3/b20-10-/t11-,12-,16+,17+/m1/s1. The van der Waals surface area contributed by atoms with Crippen molar-refractivity contribution in [3.05, 3.63) is 35.9 Å². The second-order valence-electron chi connectivity index (χ2n) is 6.68. The molecule has 1 aliphatic heterocycles. The Labute approximate surface area is 146 Å². The fourth-order valence-corrected chi connectivity index (χ4v) is 4.23. The average Bonchev–Trinajstić information content (AvgIpc) is 2.93. The van der Waals surface area contributed by atoms with E-state index in [-0.39, 0.29) is 35.5 Å². The van der Waals surface area contributed by atoms with Crippen LogP contribution >= 0.6 is 0 Å². The second kappa shape index (κ2) is 6.02. The molecule has 2 amide bonds. The van der Waals surface area contributed by atoms with E-state index in [0.717, 1.165) is 17.9 Å². The van der Waals surface area contributed by atoms with Gasteiger partial charge in [0, 0.05) is 5.56 Å². The molecular formula is C19H20N2O4. The number of nitrogens with zero attached hydrogens (tertiary/aromatic N) is 2. The summed E-state index contributed by atoms with van der Waals surface area (Å²) >= 11 is 0. The molecule has 0 N–H and O–H groups in total. The summed E-state index contributed by atoms with van der Waals surface area (Å²) in [5, 5.41) is 5.25. The van der Waals surface area contributed by atoms with Crippen molar-refractivity contribution in [2.45, 2.75) is 12.8 Å². The lowest BCUT2D eigenvalue weighted by molar-refractivity contribution is -0.140. The van der Waals surface area contributed by atoms with E-state index in [0.29, 0.717) is 17.1 Å². The smallest absolute Gasteiger partial charge is 0.254 e. The molecule has 0 spiro atoms. The second-order valence-corrected chi connectivity index (χ2v) is 6.68. The topological polar surface area (TPSA) is 68.2 Å². The quantitative estimate of drug-likeness (QED) is 0.479. The fraction of sp³-hybridized carbons (Fsp3) is 0.421. The zero-order valence-electron chi connectivity index (χ0n) is 14.2. The van der Waals surface area contributed by atoms with Crippen LogP contribution in [0.25, 0.3) is 0 Å². The molecule has 0 radical (unpaired) electrons. The van der Waals surface area contributed by atoms with Crippen LogP contribution in [-0.2, 0) is 9.59 Å². The molecule has 6 heteroatoms. The summed E-state index contributed by atoms with van der Waals surface area (Å²) in [6.07, 6.45) is 7.63. The highest BCUT2D eigenvalue weighted by atomic mass is 16.5. The molecule has 1 saturated heterocycles. The largest absolute Gasteiger partial charge is 0.497 e. The third-order valence-electron chi connectivity index (χ3n) is 5.49. The van der Waals surface area contributed by atoms with Crippen molar-refractivity contribution in [2.75, 3.05) is 14.2 Å². The predicted molar refractivity (Wildman–Crippen MR) is 91.3 cm³/mol. The van der Waals surface area contributed by atoms with Gasteiger partial charge in [0.25, 0.3) is 11.8 Å². The third-order valence-corrected chi connectivity index (χ3v) is 5.49. The monoisotopic (exact) mass is 340 g/mol. The molecule has 4 atom stereocenters. The van der Waals surface area contributed by atoms with Gasteiger partial charge in [-0.2, -0.15) is 10.1 Å². The molecule has 4 aliphatic rings. The number of amides is 2. The molecule has 0 aromatic heterocycles. The van der Waals surface area contributed by atoms with E-state index in [9.17, 15) is 9.59 Å². The number of carbonyl (C=O) groups is 2. The lowest BCUT2D eigenvalue weighted by Gasteiger charge is -2.37. The Morgan fingerprint density at radius 3 is 2.20 bits per heavy atom. The zero-order valence-corrected chi connectivity index (χ0v) is 14.2. The van der Waals surface area contributed by atoms with Crippen molar-refractivity contribution in [2.24, 2.45) is 28.8 Å². The molecule has 1 aromatic rings. The third kappa shape index (κ3) is 2.44. The molecule has 6 nitrogen and oxygen atoms in total. The van der Waals surface area contributed by atoms with Gasteiger partial charge in [0.05, 0.1) is 32.3 Å². The highest BCUT2D eigenvalue weighted by Gasteiger charge is 2.56. The van der Waals surface area contributed by atoms with Crippen LogP contribution in [-0.4, -0.2) is 37.3 Å². The lowest BCUT2D eigenvalue weighted by Crippen LogP contribution is -2.38. The molecule has 130 valence electrons. The Kier molecular flexibility index (Phi) is 3.82. The summed E-state index contributed by atoms with van der Waals surface area (Å²) in [4.78, 5) is 25.5. The highest BCUT2D eigenvalue weighted by molar-refractivity contribution is 6.06. The van der Waals surface area contributed by atoms with Gasteiger partial charge >= 0.3 is 0 Å². The number of methoxy groups -OCH3 is 2. The molecule has 1 heterocycles. The number of rotatable bonds is 4. The number of hydrazone groups is 1. The number of ether oxygens (including phenoxy) is 2. The molecular weight excluding hydrogens is 320 g/mol. The maximum atomic E-state index is 12.7. The summed E-state index contributed by atoms with van der Waals surface area (Å²) < 4.78 is 10.5. The minimum absolute atomic E-state index is 0.165. The van der Waals surface area contributed by atoms with Gasteiger partial charge in [-0.05, 0) is 42.9 Å². The Morgan fingerprint density at radius 2 is 1.68 bits per heavy atom. The molecule has 2 fully saturated rings. The zero-order chi connectivity index (χ0) is 17.6. The van der Waals surface area contributed by atoms with E-state index in [4.69, 9.17) is 9.47 Å². The lowest BCUT2D eigenvalue weighted by atomic mass is 9.63. The van der Waals surface area contributed by atoms with E-state index in [1.165, 1.54) is 6.21 Å². The van der Waals surface area contributed by atoms with Gasteiger partial charge in [0.1, 0.15) is 11.5 Å². The number of benzene rings is 1. The molecule has 1 aromatic carbocycles. The number of hydrogen-bond acceptors (Lipinski definition) is 5. The van der Waals surface area contributed by atoms with Crippen LogP contribution < -0.4 is 9.47 Å². The van der Waals surface area contributed by atoms with Gasteiger partial charge in [-0.1, -0.05) is 12.2 Å². The first-order valence-corrected chi connectivity index (χ1v) is 8.46. The number of carbonyl (C=O) groups excluding carboxylic acids is 2. The molecule has 25 heavy (non-hydrogen) atoms. The maximum Gasteiger partial charge on any atom is 0.254 e. The van der Waals surface area contributed by atoms with Crippen molar-refractivity contribution < 1.29 is 19.1 Å². The van der Waals surface area contributed by atoms with Crippen LogP contribution in [0.15, 0.2) is 35.5 Å². The Balaban J connectivity index is 1.63. The number of allylic oxidation sites excluding steroid dienone is 2. The molecule has 5 rings (SSSR count). The van der Waals surface area contributed by atoms with Gasteiger partial charge in [0.2, 0.25) is 0 Å². The van der Waals surface area contributed by atoms with Crippen molar-refractivity contribution in [3.63, 3.8) is 0 Å². The van der Waals surface area contributed by atoms with Crippen molar-refractivity contribution in [3.8, 4) is 11.5 Å². The van der Waals surface area contributed by atoms with E-state index >= 15 is 0 Å². The van der Waals surface area contributed by atoms with Crippen LogP contribution in [0.5, 0.6) is 11.5 Å². The van der Waals surface area contributed by atoms with Crippen LogP contribution in [0, 0.1) is 23.7 Å². The summed E-state index contributed by atoms with van der Waals surface area (Å²) in [6, 6.07) is 5.30. The first-order valence-electron chi connectivity index (χ1n) is 8.46. The van der Waals surface area contributed by atoms with Crippen LogP contribution in [0.4, 0.5) is 0 Å². The van der Waals surface area contributed by atoms with Crippen molar-refractivity contribution >= 4 is 18.0 Å². The van der Waals surface area contributed by atoms with Crippen LogP contribution in [0.2, 0.25) is 0 Å². The van der Waals surface area contributed by atoms with Gasteiger partial charge in [-0.3, -0.25) is 9.59 Å². The minimum atomic E-state index is -0.249. The Hall–Kier alpha value is -2.63. The van der Waals surface area contributed by atoms with Gasteiger partial charge in [0.15, 0.2) is 0 Å². The van der Waals surface area contributed by atoms with Gasteiger partial charge in [-0.15, -0.1) is 0 Å². The van der Waals surface area contributed by atoms with Gasteiger partial charge < -0.3 is 9.47 Å². The average molecular weight is 340 g/mol. The first kappa shape index (κ1) is 15.9. The Morgan fingerprint density at radius 1 is 1.04 bits per heavy atom. The van der Waals surface area contributed by atoms with Crippen LogP contribution in [0.1, 0.15) is 18.4 Å². The molecule has 2 bridgehead atoms. The number of imide groups is 1. The van der Waals surface area contributed by atoms with E-state index in [1.54, 1.807) is 32.4 Å². The SMILES string of the molecule is COc1ccc(OC)c(/C=N\N2C(=O)[C@@H]3[C@@H](C2=O)[C@@H]2C=C[C@@H]3CC2)c1. The van der Waals surface area contributed by atoms with Gasteiger partial charge in [-0.25, -0.2) is 0 Å². The van der Waals surface area contributed by atoms with E-state index < -0.39 is 0 Å². The first-order chi connectivity index (χ1) is 12.1. The fourth-order valence-electron chi connectivity index (χ4n) is 4.23. The predicted octanol–water partition coefficient (Wildman–Crippen LogP) is 2.23. The highest BCUT2D eigenvalue weighted by Crippen LogP contribution is 2.49. The summed E-state index contributed by atoms with van der Waals surface area (Å²) in [5.41, 5.74) is 0.651. The number of fused-ring (bicyclic) bond motifs is 1. The van der Waals surface area contributed by atoms with Crippen molar-refractivity contribution in [1.29, 1.82) is 0 Å². The van der Waals surface area contributed by atoms with E-state index in [2.05, 4.69) is 17.3 Å². The van der Waals surface area contributed by atoms with E-state index in [1.807, 2.05) is 0 Å². The number of hydrogen-bond donors (Lipinski definition) is 0. The molecule has 0 unspecified atom stereocenters. The summed E-state index contributed by atoms with van der Waals surface area (Å²) in [5.74, 6) is 0.705. The maximum absolute atomic E-state index is 12.7. The molecule has 3 aliphatic carbocycles. The Bertz CT molecular complexity index is 754. The van der Waals surface area contributed by atoms with Crippen molar-refractivity contribution in [1.82, 2.24) is 5.01 Å². The normalized spacial score (nSPS) is 30.2. The molecule has 1 saturated carbocycles. The minimum Gasteiger partial charge on any atom is -0.497 e.